The highest BCUT2D eigenvalue weighted by Gasteiger charge is 2.47. The minimum Gasteiger partial charge on any atom is -0.345 e. The Bertz CT molecular complexity index is 624. The van der Waals surface area contributed by atoms with Gasteiger partial charge in [-0.1, -0.05) is 17.7 Å². The predicted octanol–water partition coefficient (Wildman–Crippen LogP) is 1.28. The average Bonchev–Trinajstić information content (AvgIpc) is 2.26. The summed E-state index contributed by atoms with van der Waals surface area (Å²) in [5.41, 5.74) is 9.35. The molecule has 1 heterocycles. The third-order valence-corrected chi connectivity index (χ3v) is 4.27. The number of allylic oxidation sites excluding steroid dienone is 2. The van der Waals surface area contributed by atoms with Gasteiger partial charge in [0, 0.05) is 29.7 Å². The van der Waals surface area contributed by atoms with E-state index >= 15 is 0 Å². The van der Waals surface area contributed by atoms with Gasteiger partial charge in [0.2, 0.25) is 5.56 Å². The highest BCUT2D eigenvalue weighted by atomic mass is 16.1. The Hall–Kier alpha value is -1.61. The van der Waals surface area contributed by atoms with E-state index in [-0.39, 0.29) is 11.1 Å². The van der Waals surface area contributed by atoms with E-state index in [1.807, 2.05) is 6.07 Å². The molecule has 0 aromatic carbocycles. The minimum absolute atomic E-state index is 0.0138. The van der Waals surface area contributed by atoms with Crippen molar-refractivity contribution in [1.29, 1.82) is 0 Å². The third-order valence-electron chi connectivity index (χ3n) is 4.27. The Morgan fingerprint density at radius 3 is 3.00 bits per heavy atom. The monoisotopic (exact) mass is 243 g/mol. The zero-order valence-corrected chi connectivity index (χ0v) is 10.9. The maximum absolute atomic E-state index is 11.5. The standard InChI is InChI=1S/C15H18N2O/c1-3-11-10-6-9(2)8-15(11,16)12-4-5-14(18)17-13(12)7-10/h3-6,10H,7-8,16H2,1-2H3,(H,17,18)/p+1/b11-3+/t10-,15+/m0/s1. The molecule has 2 atom stereocenters. The van der Waals surface area contributed by atoms with Crippen LogP contribution in [0.4, 0.5) is 0 Å². The van der Waals surface area contributed by atoms with E-state index in [4.69, 9.17) is 0 Å². The molecule has 0 radical (unpaired) electrons. The highest BCUT2D eigenvalue weighted by molar-refractivity contribution is 5.46. The first-order chi connectivity index (χ1) is 8.54. The Kier molecular flexibility index (Phi) is 2.35. The van der Waals surface area contributed by atoms with Crippen LogP contribution in [0.15, 0.2) is 40.2 Å². The number of nitrogens with one attached hydrogen (secondary N) is 1. The first-order valence-electron chi connectivity index (χ1n) is 6.46. The fourth-order valence-corrected chi connectivity index (χ4v) is 3.68. The fraction of sp³-hybridized carbons (Fsp3) is 0.400. The first-order valence-corrected chi connectivity index (χ1v) is 6.46. The lowest BCUT2D eigenvalue weighted by molar-refractivity contribution is -0.476. The number of quaternary nitrogens is 1. The van der Waals surface area contributed by atoms with Crippen molar-refractivity contribution in [2.24, 2.45) is 5.92 Å². The van der Waals surface area contributed by atoms with Crippen molar-refractivity contribution in [2.75, 3.05) is 0 Å². The second kappa shape index (κ2) is 3.69. The molecule has 0 amide bonds. The van der Waals surface area contributed by atoms with Crippen molar-refractivity contribution >= 4 is 0 Å². The summed E-state index contributed by atoms with van der Waals surface area (Å²) in [7, 11) is 0. The van der Waals surface area contributed by atoms with Crippen LogP contribution < -0.4 is 11.3 Å². The molecular weight excluding hydrogens is 224 g/mol. The lowest BCUT2D eigenvalue weighted by atomic mass is 9.63. The van der Waals surface area contributed by atoms with E-state index in [2.05, 4.69) is 36.7 Å². The summed E-state index contributed by atoms with van der Waals surface area (Å²) in [4.78, 5) is 14.5. The molecule has 18 heavy (non-hydrogen) atoms. The van der Waals surface area contributed by atoms with Gasteiger partial charge in [-0.3, -0.25) is 4.79 Å². The fourth-order valence-electron chi connectivity index (χ4n) is 3.68. The van der Waals surface area contributed by atoms with Gasteiger partial charge in [0.05, 0.1) is 0 Å². The van der Waals surface area contributed by atoms with Crippen molar-refractivity contribution in [1.82, 2.24) is 4.98 Å². The first kappa shape index (κ1) is 11.5. The summed E-state index contributed by atoms with van der Waals surface area (Å²) in [6, 6.07) is 3.58. The summed E-state index contributed by atoms with van der Waals surface area (Å²) in [6.45, 7) is 4.27. The van der Waals surface area contributed by atoms with E-state index in [1.54, 1.807) is 6.07 Å². The molecule has 3 heteroatoms. The number of fused-ring (bicyclic) bond motifs is 4. The molecule has 0 spiro atoms. The number of pyridine rings is 1. The number of rotatable bonds is 0. The molecule has 0 unspecified atom stereocenters. The number of hydrogen-bond acceptors (Lipinski definition) is 1. The van der Waals surface area contributed by atoms with Gasteiger partial charge in [-0.05, 0) is 31.9 Å². The zero-order chi connectivity index (χ0) is 12.9. The lowest BCUT2D eigenvalue weighted by Gasteiger charge is -2.42. The zero-order valence-electron chi connectivity index (χ0n) is 10.9. The van der Waals surface area contributed by atoms with Crippen molar-refractivity contribution in [3.63, 3.8) is 0 Å². The summed E-state index contributed by atoms with van der Waals surface area (Å²) in [5.74, 6) is 0.395. The Labute approximate surface area is 106 Å². The van der Waals surface area contributed by atoms with Gasteiger partial charge in [-0.15, -0.1) is 0 Å². The molecule has 1 aromatic rings. The Morgan fingerprint density at radius 1 is 1.50 bits per heavy atom. The van der Waals surface area contributed by atoms with Crippen LogP contribution in [0.3, 0.4) is 0 Å². The molecule has 3 nitrogen and oxygen atoms in total. The van der Waals surface area contributed by atoms with E-state index in [9.17, 15) is 4.79 Å². The molecule has 3 rings (SSSR count). The van der Waals surface area contributed by atoms with Gasteiger partial charge in [-0.25, -0.2) is 0 Å². The molecule has 4 N–H and O–H groups in total. The highest BCUT2D eigenvalue weighted by Crippen LogP contribution is 2.46. The molecule has 0 saturated carbocycles. The molecule has 0 aliphatic heterocycles. The van der Waals surface area contributed by atoms with Gasteiger partial charge in [0.1, 0.15) is 5.54 Å². The maximum atomic E-state index is 11.5. The number of hydrogen-bond donors (Lipinski definition) is 2. The van der Waals surface area contributed by atoms with Gasteiger partial charge >= 0.3 is 0 Å². The van der Waals surface area contributed by atoms with E-state index in [0.29, 0.717) is 5.92 Å². The van der Waals surface area contributed by atoms with Crippen molar-refractivity contribution in [3.8, 4) is 0 Å². The maximum Gasteiger partial charge on any atom is 0.248 e. The minimum atomic E-state index is -0.184. The SMILES string of the molecule is C/C=C1\[C@H]2C=C(C)C[C@]1([NH3+])c1ccc(=O)[nH]c1C2. The van der Waals surface area contributed by atoms with Gasteiger partial charge in [0.25, 0.3) is 0 Å². The van der Waals surface area contributed by atoms with Crippen molar-refractivity contribution in [3.05, 3.63) is 57.0 Å². The van der Waals surface area contributed by atoms with Crippen LogP contribution in [0, 0.1) is 5.92 Å². The van der Waals surface area contributed by atoms with Crippen molar-refractivity contribution < 1.29 is 5.73 Å². The normalized spacial score (nSPS) is 32.1. The average molecular weight is 243 g/mol. The number of H-pyrrole nitrogens is 1. The molecule has 2 aliphatic rings. The predicted molar refractivity (Wildman–Crippen MR) is 71.0 cm³/mol. The van der Waals surface area contributed by atoms with Crippen LogP contribution in [-0.2, 0) is 12.0 Å². The molecule has 0 fully saturated rings. The van der Waals surface area contributed by atoms with Crippen LogP contribution in [0.1, 0.15) is 31.5 Å². The molecule has 1 aromatic heterocycles. The number of aromatic nitrogens is 1. The van der Waals surface area contributed by atoms with Gasteiger partial charge in [-0.2, -0.15) is 0 Å². The van der Waals surface area contributed by atoms with E-state index in [0.717, 1.165) is 18.5 Å². The Morgan fingerprint density at radius 2 is 2.28 bits per heavy atom. The van der Waals surface area contributed by atoms with Crippen LogP contribution >= 0.6 is 0 Å². The Balaban J connectivity index is 2.28. The number of aromatic amines is 1. The van der Waals surface area contributed by atoms with E-state index in [1.165, 1.54) is 16.7 Å². The lowest BCUT2D eigenvalue weighted by Crippen LogP contribution is -2.73. The molecule has 2 aliphatic carbocycles. The largest absolute Gasteiger partial charge is 0.345 e. The second-order valence-electron chi connectivity index (χ2n) is 5.54. The third kappa shape index (κ3) is 1.44. The van der Waals surface area contributed by atoms with Crippen LogP contribution in [-0.4, -0.2) is 4.98 Å². The van der Waals surface area contributed by atoms with E-state index < -0.39 is 0 Å². The second-order valence-corrected chi connectivity index (χ2v) is 5.54. The summed E-state index contributed by atoms with van der Waals surface area (Å²) >= 11 is 0. The molecule has 94 valence electrons. The van der Waals surface area contributed by atoms with Crippen LogP contribution in [0.25, 0.3) is 0 Å². The quantitative estimate of drug-likeness (QED) is 0.663. The molecule has 2 bridgehead atoms. The summed E-state index contributed by atoms with van der Waals surface area (Å²) in [5, 5.41) is 0. The van der Waals surface area contributed by atoms with Crippen molar-refractivity contribution in [2.45, 2.75) is 32.2 Å². The van der Waals surface area contributed by atoms with Gasteiger partial charge in [0.15, 0.2) is 0 Å². The van der Waals surface area contributed by atoms with Crippen LogP contribution in [0.5, 0.6) is 0 Å². The summed E-state index contributed by atoms with van der Waals surface area (Å²) < 4.78 is 0. The van der Waals surface area contributed by atoms with Crippen LogP contribution in [0.2, 0.25) is 0 Å². The van der Waals surface area contributed by atoms with Gasteiger partial charge < -0.3 is 10.7 Å². The summed E-state index contributed by atoms with van der Waals surface area (Å²) in [6.07, 6.45) is 6.36. The molecule has 0 saturated heterocycles. The smallest absolute Gasteiger partial charge is 0.248 e. The molecular formula is C15H19N2O+. The topological polar surface area (TPSA) is 60.5 Å².